The lowest BCUT2D eigenvalue weighted by Gasteiger charge is -2.25. The van der Waals surface area contributed by atoms with Crippen molar-refractivity contribution in [1.82, 2.24) is 30.6 Å². The van der Waals surface area contributed by atoms with Gasteiger partial charge < -0.3 is 21.3 Å². The van der Waals surface area contributed by atoms with E-state index in [9.17, 15) is 53.5 Å². The predicted octanol–water partition coefficient (Wildman–Crippen LogP) is 9.09. The zero-order chi connectivity index (χ0) is 40.7. The Morgan fingerprint density at radius 1 is 0.607 bits per heavy atom. The van der Waals surface area contributed by atoms with Gasteiger partial charge in [0, 0.05) is 31.2 Å². The lowest BCUT2D eigenvalue weighted by molar-refractivity contribution is -0.142. The van der Waals surface area contributed by atoms with Gasteiger partial charge in [0.2, 0.25) is 11.9 Å². The number of aromatic nitrogens is 4. The van der Waals surface area contributed by atoms with Crippen LogP contribution < -0.4 is 21.3 Å². The van der Waals surface area contributed by atoms with Crippen molar-refractivity contribution < 1.29 is 53.5 Å². The van der Waals surface area contributed by atoms with E-state index in [1.807, 2.05) is 5.32 Å². The van der Waals surface area contributed by atoms with Crippen LogP contribution in [0.2, 0.25) is 0 Å². The summed E-state index contributed by atoms with van der Waals surface area (Å²) in [6.07, 6.45) is -6.38. The minimum atomic E-state index is -5.05. The van der Waals surface area contributed by atoms with Crippen LogP contribution in [0.25, 0.3) is 0 Å². The molecule has 0 radical (unpaired) electrons. The third-order valence-corrected chi connectivity index (χ3v) is 8.99. The van der Waals surface area contributed by atoms with Gasteiger partial charge in [0.15, 0.2) is 17.2 Å². The molecule has 2 amide bonds. The number of halogens is 10. The fraction of sp³-hybridized carbons (Fsp3) is 0.389. The Bertz CT molecular complexity index is 1980. The number of para-hydroxylation sites is 1. The van der Waals surface area contributed by atoms with E-state index in [0.717, 1.165) is 63.3 Å². The maximum Gasteiger partial charge on any atom is 0.434 e. The van der Waals surface area contributed by atoms with Crippen molar-refractivity contribution in [2.24, 2.45) is 11.8 Å². The highest BCUT2D eigenvalue weighted by Gasteiger charge is 2.40. The van der Waals surface area contributed by atoms with Gasteiger partial charge in [-0.2, -0.15) is 39.5 Å². The Kier molecular flexibility index (Phi) is 13.0. The van der Waals surface area contributed by atoms with Gasteiger partial charge >= 0.3 is 18.5 Å². The number of anilines is 4. The van der Waals surface area contributed by atoms with Crippen LogP contribution in [0, 0.1) is 17.7 Å². The number of alkyl halides is 9. The zero-order valence-corrected chi connectivity index (χ0v) is 29.2. The van der Waals surface area contributed by atoms with Gasteiger partial charge in [-0.25, -0.2) is 24.3 Å². The van der Waals surface area contributed by atoms with E-state index in [0.29, 0.717) is 30.4 Å². The molecule has 2 heterocycles. The van der Waals surface area contributed by atoms with Gasteiger partial charge in [-0.15, -0.1) is 0 Å². The molecule has 0 bridgehead atoms. The summed E-state index contributed by atoms with van der Waals surface area (Å²) in [5.74, 6) is -4.03. The number of hydrogen-bond donors (Lipinski definition) is 4. The van der Waals surface area contributed by atoms with Crippen molar-refractivity contribution in [3.05, 3.63) is 94.8 Å². The summed E-state index contributed by atoms with van der Waals surface area (Å²) >= 11 is 0. The van der Waals surface area contributed by atoms with E-state index >= 15 is 0 Å². The molecule has 6 rings (SSSR count). The molecule has 56 heavy (non-hydrogen) atoms. The van der Waals surface area contributed by atoms with E-state index in [1.54, 1.807) is 30.3 Å². The molecule has 20 heteroatoms. The fourth-order valence-electron chi connectivity index (χ4n) is 5.84. The fourth-order valence-corrected chi connectivity index (χ4v) is 5.84. The summed E-state index contributed by atoms with van der Waals surface area (Å²) in [6, 6.07) is 10.9. The molecule has 2 saturated carbocycles. The first-order chi connectivity index (χ1) is 26.4. The summed E-state index contributed by atoms with van der Waals surface area (Å²) in [7, 11) is 0. The molecule has 0 saturated heterocycles. The van der Waals surface area contributed by atoms with Crippen LogP contribution >= 0.6 is 0 Å². The molecule has 2 aliphatic rings. The zero-order valence-electron chi connectivity index (χ0n) is 29.2. The Balaban J connectivity index is 0.000000216. The van der Waals surface area contributed by atoms with Gasteiger partial charge in [0.25, 0.3) is 11.8 Å². The van der Waals surface area contributed by atoms with Gasteiger partial charge in [0.05, 0.1) is 22.4 Å². The Labute approximate surface area is 312 Å². The first-order valence-corrected chi connectivity index (χ1v) is 17.3. The van der Waals surface area contributed by atoms with E-state index in [4.69, 9.17) is 0 Å². The number of benzene rings is 2. The van der Waals surface area contributed by atoms with Crippen molar-refractivity contribution in [3.63, 3.8) is 0 Å². The number of rotatable bonds is 10. The Hall–Kier alpha value is -5.56. The number of amides is 2. The maximum atomic E-state index is 14.1. The molecule has 4 aromatic rings. The normalized spacial score (nSPS) is 15.0. The van der Waals surface area contributed by atoms with E-state index < -0.39 is 75.9 Å². The highest BCUT2D eigenvalue weighted by Crippen LogP contribution is 2.36. The van der Waals surface area contributed by atoms with Crippen molar-refractivity contribution >= 4 is 35.1 Å². The molecular weight excluding hydrogens is 766 g/mol. The third-order valence-electron chi connectivity index (χ3n) is 8.99. The average Bonchev–Trinajstić information content (AvgIpc) is 3.64. The summed E-state index contributed by atoms with van der Waals surface area (Å²) in [5, 5.41) is 9.68. The lowest BCUT2D eigenvalue weighted by atomic mass is 9.85. The van der Waals surface area contributed by atoms with Crippen LogP contribution in [0.5, 0.6) is 0 Å². The van der Waals surface area contributed by atoms with E-state index in [1.165, 1.54) is 0 Å². The quantitative estimate of drug-likeness (QED) is 0.117. The third kappa shape index (κ3) is 11.0. The number of carbonyl (C=O) groups excluding carboxylic acids is 2. The first kappa shape index (κ1) is 41.6. The Morgan fingerprint density at radius 3 is 1.54 bits per heavy atom. The second-order valence-electron chi connectivity index (χ2n) is 13.1. The smallest absolute Gasteiger partial charge is 0.352 e. The van der Waals surface area contributed by atoms with Crippen LogP contribution in [-0.2, 0) is 18.5 Å². The van der Waals surface area contributed by atoms with Crippen LogP contribution in [-0.4, -0.2) is 44.8 Å². The van der Waals surface area contributed by atoms with Gasteiger partial charge in [0.1, 0.15) is 0 Å². The van der Waals surface area contributed by atoms with Gasteiger partial charge in [-0.1, -0.05) is 43.5 Å². The first-order valence-electron chi connectivity index (χ1n) is 17.3. The molecule has 2 fully saturated rings. The van der Waals surface area contributed by atoms with Crippen molar-refractivity contribution in [2.45, 2.75) is 63.5 Å². The predicted molar refractivity (Wildman–Crippen MR) is 182 cm³/mol. The van der Waals surface area contributed by atoms with Crippen molar-refractivity contribution in [2.75, 3.05) is 23.7 Å². The van der Waals surface area contributed by atoms with Gasteiger partial charge in [-0.3, -0.25) is 9.59 Å². The van der Waals surface area contributed by atoms with Gasteiger partial charge in [-0.05, 0) is 61.8 Å². The Morgan fingerprint density at radius 2 is 1.09 bits per heavy atom. The SMILES string of the molecule is O=C(NCC1CCC1)c1cnc(Nc2cccc(C(F)(F)F)c2F)nc1C(F)(F)F.O=C(NCC1CCCC1)c1cnc(Nc2ccccc2)nc1C(F)(F)F. The highest BCUT2D eigenvalue weighted by molar-refractivity contribution is 5.96. The summed E-state index contributed by atoms with van der Waals surface area (Å²) in [4.78, 5) is 38.5. The summed E-state index contributed by atoms with van der Waals surface area (Å²) < 4.78 is 133. The summed E-state index contributed by atoms with van der Waals surface area (Å²) in [6.45, 7) is 0.589. The molecule has 0 atom stereocenters. The molecule has 0 unspecified atom stereocenters. The van der Waals surface area contributed by atoms with Crippen LogP contribution in [0.15, 0.2) is 60.9 Å². The number of carbonyl (C=O) groups is 2. The molecule has 2 aromatic heterocycles. The van der Waals surface area contributed by atoms with E-state index in [-0.39, 0.29) is 18.4 Å². The maximum absolute atomic E-state index is 14.1. The molecule has 4 N–H and O–H groups in total. The lowest BCUT2D eigenvalue weighted by Crippen LogP contribution is -2.33. The number of hydrogen-bond acceptors (Lipinski definition) is 8. The molecule has 2 aliphatic carbocycles. The minimum Gasteiger partial charge on any atom is -0.352 e. The average molecular weight is 801 g/mol. The standard InChI is InChI=1S/C18H15F7N4O.C18H19F3N4O/c19-13-11(17(20,21)22)5-2-6-12(13)28-16-27-8-10(14(29-16)18(23,24)25)15(30)26-7-9-3-1-4-9;19-18(20,21)15-14(16(26)22-10-12-6-4-5-7-12)11-23-17(25-15)24-13-8-2-1-3-9-13/h2,5-6,8-9H,1,3-4,7H2,(H,26,30)(H,27,28,29);1-3,8-9,11-12H,4-7,10H2,(H,22,26)(H,23,24,25). The molecular formula is C36H34F10N8O2. The molecule has 0 aliphatic heterocycles. The van der Waals surface area contributed by atoms with Crippen LogP contribution in [0.1, 0.15) is 82.6 Å². The number of nitrogens with one attached hydrogen (secondary N) is 4. The minimum absolute atomic E-state index is 0.203. The monoisotopic (exact) mass is 800 g/mol. The van der Waals surface area contributed by atoms with Crippen LogP contribution in [0.4, 0.5) is 67.2 Å². The molecule has 0 spiro atoms. The highest BCUT2D eigenvalue weighted by atomic mass is 19.4. The second-order valence-corrected chi connectivity index (χ2v) is 13.1. The largest absolute Gasteiger partial charge is 0.434 e. The molecule has 2 aromatic carbocycles. The van der Waals surface area contributed by atoms with Crippen molar-refractivity contribution in [1.29, 1.82) is 0 Å². The topological polar surface area (TPSA) is 134 Å². The summed E-state index contributed by atoms with van der Waals surface area (Å²) in [5.41, 5.74) is -6.03. The second kappa shape index (κ2) is 17.5. The van der Waals surface area contributed by atoms with E-state index in [2.05, 4.69) is 35.9 Å². The van der Waals surface area contributed by atoms with Crippen LogP contribution in [0.3, 0.4) is 0 Å². The number of nitrogens with zero attached hydrogens (tertiary/aromatic N) is 4. The molecule has 300 valence electrons. The molecule has 10 nitrogen and oxygen atoms in total. The van der Waals surface area contributed by atoms with Crippen molar-refractivity contribution in [3.8, 4) is 0 Å².